The predicted molar refractivity (Wildman–Crippen MR) is 90.5 cm³/mol. The number of carbonyl (C=O) groups is 3. The molecule has 1 N–H and O–H groups in total. The van der Waals surface area contributed by atoms with E-state index in [0.717, 1.165) is 4.90 Å². The average Bonchev–Trinajstić information content (AvgIpc) is 2.94. The molecule has 0 aromatic heterocycles. The van der Waals surface area contributed by atoms with E-state index in [1.807, 2.05) is 0 Å². The number of benzene rings is 2. The quantitative estimate of drug-likeness (QED) is 0.870. The molecule has 1 aliphatic rings. The van der Waals surface area contributed by atoms with Gasteiger partial charge in [0.25, 0.3) is 5.91 Å². The van der Waals surface area contributed by atoms with Gasteiger partial charge in [0.15, 0.2) is 0 Å². The van der Waals surface area contributed by atoms with Crippen LogP contribution in [0.15, 0.2) is 42.5 Å². The van der Waals surface area contributed by atoms with Crippen LogP contribution in [-0.4, -0.2) is 17.7 Å². The van der Waals surface area contributed by atoms with E-state index in [-0.39, 0.29) is 42.9 Å². The topological polar surface area (TPSA) is 66.5 Å². The molecular formula is C19H17FN2O3. The fourth-order valence-electron chi connectivity index (χ4n) is 2.66. The molecule has 0 bridgehead atoms. The van der Waals surface area contributed by atoms with E-state index >= 15 is 0 Å². The molecule has 128 valence electrons. The van der Waals surface area contributed by atoms with E-state index in [0.29, 0.717) is 22.4 Å². The van der Waals surface area contributed by atoms with E-state index in [4.69, 9.17) is 0 Å². The summed E-state index contributed by atoms with van der Waals surface area (Å²) in [6.45, 7) is 1.88. The summed E-state index contributed by atoms with van der Waals surface area (Å²) >= 11 is 0. The van der Waals surface area contributed by atoms with Crippen molar-refractivity contribution in [3.05, 3.63) is 65.0 Å². The normalized spacial score (nSPS) is 14.1. The van der Waals surface area contributed by atoms with Crippen molar-refractivity contribution >= 4 is 23.4 Å². The SMILES string of the molecule is Cc1ccc(CNC(=O)c2ccc(N3C(=O)CCC3=O)cc2)cc1F. The lowest BCUT2D eigenvalue weighted by atomic mass is 10.1. The molecule has 3 rings (SSSR count). The Morgan fingerprint density at radius 3 is 2.32 bits per heavy atom. The molecule has 0 radical (unpaired) electrons. The Bertz CT molecular complexity index is 830. The van der Waals surface area contributed by atoms with Crippen molar-refractivity contribution < 1.29 is 18.8 Å². The summed E-state index contributed by atoms with van der Waals surface area (Å²) in [7, 11) is 0. The standard InChI is InChI=1S/C19H17FN2O3/c1-12-2-3-13(10-16(12)20)11-21-19(25)14-4-6-15(7-5-14)22-17(23)8-9-18(22)24/h2-7,10H,8-9,11H2,1H3,(H,21,25). The summed E-state index contributed by atoms with van der Waals surface area (Å²) in [5, 5.41) is 2.72. The van der Waals surface area contributed by atoms with Crippen LogP contribution in [0.3, 0.4) is 0 Å². The van der Waals surface area contributed by atoms with E-state index in [9.17, 15) is 18.8 Å². The van der Waals surface area contributed by atoms with Crippen molar-refractivity contribution in [3.8, 4) is 0 Å². The molecule has 5 nitrogen and oxygen atoms in total. The number of amides is 3. The zero-order valence-electron chi connectivity index (χ0n) is 13.7. The number of hydrogen-bond donors (Lipinski definition) is 1. The molecular weight excluding hydrogens is 323 g/mol. The first-order chi connectivity index (χ1) is 12.0. The van der Waals surface area contributed by atoms with Gasteiger partial charge in [-0.3, -0.25) is 19.3 Å². The molecule has 0 unspecified atom stereocenters. The van der Waals surface area contributed by atoms with Crippen molar-refractivity contribution in [2.75, 3.05) is 4.90 Å². The molecule has 0 atom stereocenters. The highest BCUT2D eigenvalue weighted by Crippen LogP contribution is 2.22. The number of halogens is 1. The summed E-state index contributed by atoms with van der Waals surface area (Å²) in [6, 6.07) is 11.1. The molecule has 6 heteroatoms. The van der Waals surface area contributed by atoms with E-state index in [1.54, 1.807) is 43.3 Å². The van der Waals surface area contributed by atoms with Crippen molar-refractivity contribution in [2.24, 2.45) is 0 Å². The van der Waals surface area contributed by atoms with Gasteiger partial charge < -0.3 is 5.32 Å². The minimum absolute atomic E-state index is 0.209. The van der Waals surface area contributed by atoms with Gasteiger partial charge in [-0.05, 0) is 48.4 Å². The van der Waals surface area contributed by atoms with Gasteiger partial charge in [-0.2, -0.15) is 0 Å². The zero-order valence-corrected chi connectivity index (χ0v) is 13.7. The highest BCUT2D eigenvalue weighted by atomic mass is 19.1. The minimum Gasteiger partial charge on any atom is -0.348 e. The smallest absolute Gasteiger partial charge is 0.251 e. The third-order valence-corrected chi connectivity index (χ3v) is 4.13. The Hall–Kier alpha value is -3.02. The van der Waals surface area contributed by atoms with Crippen molar-refractivity contribution in [2.45, 2.75) is 26.3 Å². The molecule has 0 saturated carbocycles. The molecule has 1 saturated heterocycles. The second kappa shape index (κ2) is 6.84. The molecule has 1 heterocycles. The van der Waals surface area contributed by atoms with E-state index in [1.165, 1.54) is 6.07 Å². The lowest BCUT2D eigenvalue weighted by Gasteiger charge is -2.14. The van der Waals surface area contributed by atoms with E-state index in [2.05, 4.69) is 5.32 Å². The first kappa shape index (κ1) is 16.8. The fraction of sp³-hybridized carbons (Fsp3) is 0.211. The summed E-state index contributed by atoms with van der Waals surface area (Å²) in [5.74, 6) is -1.09. The number of aryl methyl sites for hydroxylation is 1. The number of imide groups is 1. The third kappa shape index (κ3) is 3.57. The summed E-state index contributed by atoms with van der Waals surface area (Å²) in [5.41, 5.74) is 2.08. The first-order valence-corrected chi connectivity index (χ1v) is 7.95. The monoisotopic (exact) mass is 340 g/mol. The number of rotatable bonds is 4. The molecule has 2 aromatic carbocycles. The van der Waals surface area contributed by atoms with Gasteiger partial charge in [-0.15, -0.1) is 0 Å². The predicted octanol–water partition coefficient (Wildman–Crippen LogP) is 2.72. The number of nitrogens with one attached hydrogen (secondary N) is 1. The van der Waals surface area contributed by atoms with Crippen LogP contribution in [0.1, 0.15) is 34.3 Å². The van der Waals surface area contributed by atoms with Crippen LogP contribution in [0.25, 0.3) is 0 Å². The summed E-state index contributed by atoms with van der Waals surface area (Å²) < 4.78 is 13.5. The van der Waals surface area contributed by atoms with Crippen molar-refractivity contribution in [3.63, 3.8) is 0 Å². The third-order valence-electron chi connectivity index (χ3n) is 4.13. The molecule has 0 aliphatic carbocycles. The molecule has 25 heavy (non-hydrogen) atoms. The lowest BCUT2D eigenvalue weighted by Crippen LogP contribution is -2.28. The highest BCUT2D eigenvalue weighted by molar-refractivity contribution is 6.19. The zero-order chi connectivity index (χ0) is 18.0. The Labute approximate surface area is 144 Å². The van der Waals surface area contributed by atoms with Crippen LogP contribution in [0.2, 0.25) is 0 Å². The van der Waals surface area contributed by atoms with Crippen LogP contribution in [0.4, 0.5) is 10.1 Å². The van der Waals surface area contributed by atoms with E-state index < -0.39 is 0 Å². The van der Waals surface area contributed by atoms with Crippen LogP contribution in [-0.2, 0) is 16.1 Å². The summed E-state index contributed by atoms with van der Waals surface area (Å²) in [6.07, 6.45) is 0.433. The Balaban J connectivity index is 1.65. The van der Waals surface area contributed by atoms with Crippen LogP contribution in [0, 0.1) is 12.7 Å². The maximum atomic E-state index is 13.5. The first-order valence-electron chi connectivity index (χ1n) is 7.95. The molecule has 2 aromatic rings. The maximum absolute atomic E-state index is 13.5. The fourth-order valence-corrected chi connectivity index (χ4v) is 2.66. The lowest BCUT2D eigenvalue weighted by molar-refractivity contribution is -0.121. The van der Waals surface area contributed by atoms with Crippen molar-refractivity contribution in [1.82, 2.24) is 5.32 Å². The molecule has 1 aliphatic heterocycles. The molecule has 3 amide bonds. The number of carbonyl (C=O) groups excluding carboxylic acids is 3. The number of anilines is 1. The van der Waals surface area contributed by atoms with Gasteiger partial charge in [0, 0.05) is 24.9 Å². The average molecular weight is 340 g/mol. The molecule has 1 fully saturated rings. The van der Waals surface area contributed by atoms with Gasteiger partial charge in [0.05, 0.1) is 5.69 Å². The summed E-state index contributed by atoms with van der Waals surface area (Å²) in [4.78, 5) is 36.7. The van der Waals surface area contributed by atoms with Gasteiger partial charge >= 0.3 is 0 Å². The van der Waals surface area contributed by atoms with Gasteiger partial charge in [0.1, 0.15) is 5.82 Å². The van der Waals surface area contributed by atoms with Gasteiger partial charge in [-0.1, -0.05) is 12.1 Å². The van der Waals surface area contributed by atoms with Gasteiger partial charge in [-0.25, -0.2) is 4.39 Å². The maximum Gasteiger partial charge on any atom is 0.251 e. The minimum atomic E-state index is -0.313. The van der Waals surface area contributed by atoms with Gasteiger partial charge in [0.2, 0.25) is 11.8 Å². The second-order valence-corrected chi connectivity index (χ2v) is 5.94. The molecule has 0 spiro atoms. The van der Waals surface area contributed by atoms with Crippen LogP contribution < -0.4 is 10.2 Å². The largest absolute Gasteiger partial charge is 0.348 e. The Kier molecular flexibility index (Phi) is 4.61. The Morgan fingerprint density at radius 2 is 1.72 bits per heavy atom. The number of hydrogen-bond acceptors (Lipinski definition) is 3. The van der Waals surface area contributed by atoms with Crippen LogP contribution >= 0.6 is 0 Å². The Morgan fingerprint density at radius 1 is 1.08 bits per heavy atom. The van der Waals surface area contributed by atoms with Crippen LogP contribution in [0.5, 0.6) is 0 Å². The van der Waals surface area contributed by atoms with Crippen molar-refractivity contribution in [1.29, 1.82) is 0 Å². The second-order valence-electron chi connectivity index (χ2n) is 5.94. The number of nitrogens with zero attached hydrogens (tertiary/aromatic N) is 1. The highest BCUT2D eigenvalue weighted by Gasteiger charge is 2.30.